The van der Waals surface area contributed by atoms with E-state index < -0.39 is 6.10 Å². The molecule has 2 aliphatic carbocycles. The number of nitrogens with one attached hydrogen (secondary N) is 1. The first kappa shape index (κ1) is 15.4. The molecule has 0 heterocycles. The number of aliphatic hydroxyl groups excluding tert-OH is 1. The molecule has 0 amide bonds. The Hall–Kier alpha value is -0.480. The summed E-state index contributed by atoms with van der Waals surface area (Å²) in [5.74, 6) is 1.45. The van der Waals surface area contributed by atoms with Crippen molar-refractivity contribution in [2.24, 2.45) is 11.3 Å². The molecule has 0 radical (unpaired) electrons. The molecular weight excluding hydrogens is 309 g/mol. The van der Waals surface area contributed by atoms with E-state index in [0.29, 0.717) is 27.8 Å². The fourth-order valence-corrected chi connectivity index (χ4v) is 3.24. The van der Waals surface area contributed by atoms with Crippen molar-refractivity contribution >= 4 is 23.2 Å². The van der Waals surface area contributed by atoms with Crippen LogP contribution in [0.15, 0.2) is 18.2 Å². The van der Waals surface area contributed by atoms with E-state index in [0.717, 1.165) is 12.5 Å². The van der Waals surface area contributed by atoms with Crippen LogP contribution in [0.5, 0.6) is 5.75 Å². The Bertz CT molecular complexity index is 501. The van der Waals surface area contributed by atoms with Gasteiger partial charge < -0.3 is 15.2 Å². The van der Waals surface area contributed by atoms with Gasteiger partial charge in [0.05, 0.1) is 5.02 Å². The molecule has 1 unspecified atom stereocenters. The van der Waals surface area contributed by atoms with Gasteiger partial charge in [-0.2, -0.15) is 0 Å². The summed E-state index contributed by atoms with van der Waals surface area (Å²) in [6, 6.07) is 5.06. The average molecular weight is 330 g/mol. The molecule has 21 heavy (non-hydrogen) atoms. The predicted molar refractivity (Wildman–Crippen MR) is 85.2 cm³/mol. The Kier molecular flexibility index (Phi) is 4.65. The van der Waals surface area contributed by atoms with Crippen LogP contribution in [0.3, 0.4) is 0 Å². The minimum Gasteiger partial charge on any atom is -0.489 e. The van der Waals surface area contributed by atoms with Crippen molar-refractivity contribution in [3.05, 3.63) is 28.2 Å². The lowest BCUT2D eigenvalue weighted by Gasteiger charge is -2.18. The summed E-state index contributed by atoms with van der Waals surface area (Å²) in [5.41, 5.74) is 0.552. The third-order valence-corrected chi connectivity index (χ3v) is 5.06. The second-order valence-electron chi connectivity index (χ2n) is 6.31. The van der Waals surface area contributed by atoms with Crippen LogP contribution in [0.2, 0.25) is 10.0 Å². The molecule has 0 spiro atoms. The van der Waals surface area contributed by atoms with Gasteiger partial charge >= 0.3 is 0 Å². The smallest absolute Gasteiger partial charge is 0.139 e. The van der Waals surface area contributed by atoms with E-state index in [-0.39, 0.29) is 6.61 Å². The van der Waals surface area contributed by atoms with Crippen LogP contribution in [0.1, 0.15) is 25.7 Å². The van der Waals surface area contributed by atoms with E-state index in [1.165, 1.54) is 25.7 Å². The van der Waals surface area contributed by atoms with E-state index in [1.807, 2.05) is 0 Å². The van der Waals surface area contributed by atoms with Crippen LogP contribution in [0, 0.1) is 11.3 Å². The lowest BCUT2D eigenvalue weighted by molar-refractivity contribution is 0.105. The summed E-state index contributed by atoms with van der Waals surface area (Å²) in [7, 11) is 0. The number of hydrogen-bond acceptors (Lipinski definition) is 3. The minimum absolute atomic E-state index is 0.212. The number of halogens is 2. The summed E-state index contributed by atoms with van der Waals surface area (Å²) < 4.78 is 5.53. The zero-order chi connectivity index (χ0) is 14.9. The van der Waals surface area contributed by atoms with Gasteiger partial charge in [0.2, 0.25) is 0 Å². The van der Waals surface area contributed by atoms with Gasteiger partial charge in [-0.3, -0.25) is 0 Å². The van der Waals surface area contributed by atoms with Gasteiger partial charge in [0.1, 0.15) is 18.5 Å². The Balaban J connectivity index is 1.38. The molecule has 0 aliphatic heterocycles. The van der Waals surface area contributed by atoms with Crippen LogP contribution >= 0.6 is 23.2 Å². The van der Waals surface area contributed by atoms with Crippen LogP contribution in [-0.4, -0.2) is 30.9 Å². The van der Waals surface area contributed by atoms with Crippen molar-refractivity contribution in [3.63, 3.8) is 0 Å². The van der Waals surface area contributed by atoms with Crippen molar-refractivity contribution in [2.75, 3.05) is 19.7 Å². The Morgan fingerprint density at radius 3 is 2.76 bits per heavy atom. The molecule has 3 rings (SSSR count). The molecule has 116 valence electrons. The molecule has 2 fully saturated rings. The number of ether oxygens (including phenoxy) is 1. The van der Waals surface area contributed by atoms with Gasteiger partial charge in [-0.05, 0) is 49.1 Å². The fourth-order valence-electron chi connectivity index (χ4n) is 2.91. The Labute approximate surface area is 135 Å². The Morgan fingerprint density at radius 2 is 2.10 bits per heavy atom. The molecule has 1 aromatic carbocycles. The molecule has 2 saturated carbocycles. The lowest BCUT2D eigenvalue weighted by atomic mass is 10.0. The van der Waals surface area contributed by atoms with Crippen molar-refractivity contribution in [3.8, 4) is 5.75 Å². The van der Waals surface area contributed by atoms with Crippen molar-refractivity contribution in [1.82, 2.24) is 5.32 Å². The van der Waals surface area contributed by atoms with Crippen LogP contribution in [-0.2, 0) is 0 Å². The lowest BCUT2D eigenvalue weighted by Crippen LogP contribution is -2.35. The highest BCUT2D eigenvalue weighted by Gasteiger charge is 2.53. The standard InChI is InChI=1S/C16H21Cl2NO2/c17-12-3-4-14(18)15(7-12)21-9-13(20)8-19-10-16(5-6-16)11-1-2-11/h3-4,7,11,13,19-20H,1-2,5-6,8-10H2. The first-order valence-electron chi connectivity index (χ1n) is 7.56. The van der Waals surface area contributed by atoms with Crippen molar-refractivity contribution in [1.29, 1.82) is 0 Å². The maximum absolute atomic E-state index is 9.98. The summed E-state index contributed by atoms with van der Waals surface area (Å²) in [6.45, 7) is 1.78. The molecule has 5 heteroatoms. The maximum atomic E-state index is 9.98. The molecule has 1 aromatic rings. The van der Waals surface area contributed by atoms with Gasteiger partial charge in [0, 0.05) is 24.2 Å². The number of rotatable bonds is 8. The number of hydrogen-bond donors (Lipinski definition) is 2. The first-order chi connectivity index (χ1) is 10.1. The van der Waals surface area contributed by atoms with Gasteiger partial charge in [0.25, 0.3) is 0 Å². The quantitative estimate of drug-likeness (QED) is 0.766. The van der Waals surface area contributed by atoms with Crippen LogP contribution in [0.25, 0.3) is 0 Å². The maximum Gasteiger partial charge on any atom is 0.139 e. The van der Waals surface area contributed by atoms with E-state index in [9.17, 15) is 5.11 Å². The molecule has 0 saturated heterocycles. The molecular formula is C16H21Cl2NO2. The second-order valence-corrected chi connectivity index (χ2v) is 7.15. The third kappa shape index (κ3) is 4.04. The highest BCUT2D eigenvalue weighted by atomic mass is 35.5. The van der Waals surface area contributed by atoms with E-state index in [1.54, 1.807) is 18.2 Å². The summed E-state index contributed by atoms with van der Waals surface area (Å²) >= 11 is 11.9. The number of benzene rings is 1. The monoisotopic (exact) mass is 329 g/mol. The summed E-state index contributed by atoms with van der Waals surface area (Å²) in [5, 5.41) is 14.4. The molecule has 2 N–H and O–H groups in total. The highest BCUT2D eigenvalue weighted by molar-refractivity contribution is 6.34. The zero-order valence-corrected chi connectivity index (χ0v) is 13.5. The minimum atomic E-state index is -0.546. The second kappa shape index (κ2) is 6.33. The van der Waals surface area contributed by atoms with E-state index in [4.69, 9.17) is 27.9 Å². The summed E-state index contributed by atoms with van der Waals surface area (Å²) in [4.78, 5) is 0. The molecule has 3 nitrogen and oxygen atoms in total. The SMILES string of the molecule is OC(CNCC1(C2CC2)CC1)COc1cc(Cl)ccc1Cl. The third-order valence-electron chi connectivity index (χ3n) is 4.52. The Morgan fingerprint density at radius 1 is 1.33 bits per heavy atom. The molecule has 0 aromatic heterocycles. The van der Waals surface area contributed by atoms with Crippen LogP contribution in [0.4, 0.5) is 0 Å². The van der Waals surface area contributed by atoms with Gasteiger partial charge in [0.15, 0.2) is 0 Å². The topological polar surface area (TPSA) is 41.5 Å². The molecule has 0 bridgehead atoms. The first-order valence-corrected chi connectivity index (χ1v) is 8.31. The van der Waals surface area contributed by atoms with Crippen molar-refractivity contribution < 1.29 is 9.84 Å². The molecule has 1 atom stereocenters. The normalized spacial score (nSPS) is 21.1. The zero-order valence-electron chi connectivity index (χ0n) is 11.9. The molecule has 2 aliphatic rings. The fraction of sp³-hybridized carbons (Fsp3) is 0.625. The summed E-state index contributed by atoms with van der Waals surface area (Å²) in [6.07, 6.45) is 4.92. The highest BCUT2D eigenvalue weighted by Crippen LogP contribution is 2.60. The van der Waals surface area contributed by atoms with Crippen LogP contribution < -0.4 is 10.1 Å². The number of aliphatic hydroxyl groups is 1. The van der Waals surface area contributed by atoms with Gasteiger partial charge in [-0.25, -0.2) is 0 Å². The average Bonchev–Trinajstić information content (AvgIpc) is 3.32. The van der Waals surface area contributed by atoms with Gasteiger partial charge in [-0.15, -0.1) is 0 Å². The van der Waals surface area contributed by atoms with Gasteiger partial charge in [-0.1, -0.05) is 23.2 Å². The largest absolute Gasteiger partial charge is 0.489 e. The van der Waals surface area contributed by atoms with E-state index >= 15 is 0 Å². The van der Waals surface area contributed by atoms with E-state index in [2.05, 4.69) is 5.32 Å². The van der Waals surface area contributed by atoms with Crippen molar-refractivity contribution in [2.45, 2.75) is 31.8 Å². The predicted octanol–water partition coefficient (Wildman–Crippen LogP) is 3.51.